The highest BCUT2D eigenvalue weighted by molar-refractivity contribution is 6.03. The number of hydrogen-bond donors (Lipinski definition) is 0. The Kier molecular flexibility index (Phi) is 5.27. The Morgan fingerprint density at radius 1 is 1.15 bits per heavy atom. The molecular weight excluding hydrogens is 346 g/mol. The van der Waals surface area contributed by atoms with Gasteiger partial charge in [0.25, 0.3) is 0 Å². The second-order valence-corrected chi connectivity index (χ2v) is 7.87. The van der Waals surface area contributed by atoms with Gasteiger partial charge in [-0.25, -0.2) is 4.79 Å². The highest BCUT2D eigenvalue weighted by Gasteiger charge is 2.56. The van der Waals surface area contributed by atoms with Crippen molar-refractivity contribution in [2.45, 2.75) is 44.9 Å². The molecule has 6 nitrogen and oxygen atoms in total. The third-order valence-electron chi connectivity index (χ3n) is 6.42. The van der Waals surface area contributed by atoms with Crippen molar-refractivity contribution in [2.24, 2.45) is 16.5 Å². The molecular formula is C21H27NO5. The van der Waals surface area contributed by atoms with Crippen molar-refractivity contribution in [3.63, 3.8) is 0 Å². The third-order valence-corrected chi connectivity index (χ3v) is 6.42. The van der Waals surface area contributed by atoms with Gasteiger partial charge in [-0.15, -0.1) is 0 Å². The summed E-state index contributed by atoms with van der Waals surface area (Å²) < 4.78 is 9.76. The standard InChI is InChI=1S/C21H27NO5/c1-20-10-7-11-21(2,19(24)26-4)17(20)12-16(22-27-13-18(23)25-3)14-8-5-6-9-15(14)20/h5-6,8-9,17H,7,10-13H2,1-4H3/b22-16-. The lowest BCUT2D eigenvalue weighted by Crippen LogP contribution is -2.53. The molecule has 27 heavy (non-hydrogen) atoms. The van der Waals surface area contributed by atoms with E-state index < -0.39 is 11.4 Å². The van der Waals surface area contributed by atoms with E-state index in [1.807, 2.05) is 25.1 Å². The van der Waals surface area contributed by atoms with Crippen LogP contribution in [0.1, 0.15) is 50.7 Å². The van der Waals surface area contributed by atoms with Crippen LogP contribution in [0.15, 0.2) is 29.4 Å². The molecule has 0 bridgehead atoms. The number of fused-ring (bicyclic) bond motifs is 3. The van der Waals surface area contributed by atoms with Crippen molar-refractivity contribution in [1.82, 2.24) is 0 Å². The smallest absolute Gasteiger partial charge is 0.346 e. The monoisotopic (exact) mass is 373 g/mol. The molecule has 1 fully saturated rings. The molecule has 3 unspecified atom stereocenters. The lowest BCUT2D eigenvalue weighted by atomic mass is 9.49. The molecule has 6 heteroatoms. The number of carbonyl (C=O) groups excluding carboxylic acids is 2. The highest BCUT2D eigenvalue weighted by Crippen LogP contribution is 2.57. The summed E-state index contributed by atoms with van der Waals surface area (Å²) >= 11 is 0. The van der Waals surface area contributed by atoms with E-state index in [9.17, 15) is 9.59 Å². The van der Waals surface area contributed by atoms with Crippen LogP contribution in [-0.2, 0) is 29.3 Å². The van der Waals surface area contributed by atoms with Gasteiger partial charge in [-0.05, 0) is 43.1 Å². The lowest BCUT2D eigenvalue weighted by molar-refractivity contribution is -0.160. The summed E-state index contributed by atoms with van der Waals surface area (Å²) in [6, 6.07) is 8.13. The van der Waals surface area contributed by atoms with Crippen molar-refractivity contribution < 1.29 is 23.9 Å². The number of esters is 2. The Balaban J connectivity index is 2.04. The summed E-state index contributed by atoms with van der Waals surface area (Å²) in [5, 5.41) is 4.25. The van der Waals surface area contributed by atoms with Crippen LogP contribution in [0.4, 0.5) is 0 Å². The van der Waals surface area contributed by atoms with Crippen LogP contribution in [0.2, 0.25) is 0 Å². The van der Waals surface area contributed by atoms with Crippen LogP contribution in [0, 0.1) is 11.3 Å². The molecule has 0 spiro atoms. The van der Waals surface area contributed by atoms with Crippen LogP contribution in [0.25, 0.3) is 0 Å². The fraction of sp³-hybridized carbons (Fsp3) is 0.571. The molecule has 1 aromatic carbocycles. The van der Waals surface area contributed by atoms with E-state index in [1.165, 1.54) is 19.8 Å². The van der Waals surface area contributed by atoms with Crippen molar-refractivity contribution in [1.29, 1.82) is 0 Å². The van der Waals surface area contributed by atoms with Gasteiger partial charge in [0.05, 0.1) is 25.3 Å². The minimum Gasteiger partial charge on any atom is -0.469 e. The molecule has 0 amide bonds. The van der Waals surface area contributed by atoms with Crippen molar-refractivity contribution in [3.05, 3.63) is 35.4 Å². The predicted molar refractivity (Wildman–Crippen MR) is 100 cm³/mol. The van der Waals surface area contributed by atoms with Crippen LogP contribution in [-0.4, -0.2) is 38.5 Å². The van der Waals surface area contributed by atoms with Gasteiger partial charge < -0.3 is 14.3 Å². The maximum Gasteiger partial charge on any atom is 0.346 e. The molecule has 3 atom stereocenters. The van der Waals surface area contributed by atoms with Gasteiger partial charge >= 0.3 is 11.9 Å². The van der Waals surface area contributed by atoms with Crippen molar-refractivity contribution >= 4 is 17.7 Å². The second kappa shape index (κ2) is 7.33. The summed E-state index contributed by atoms with van der Waals surface area (Å²) in [6.07, 6.45) is 3.37. The fourth-order valence-corrected chi connectivity index (χ4v) is 4.97. The lowest BCUT2D eigenvalue weighted by Gasteiger charge is -2.53. The number of oxime groups is 1. The van der Waals surface area contributed by atoms with Crippen molar-refractivity contribution in [2.75, 3.05) is 20.8 Å². The Hall–Kier alpha value is -2.37. The third kappa shape index (κ3) is 3.22. The first-order chi connectivity index (χ1) is 12.9. The van der Waals surface area contributed by atoms with E-state index in [0.29, 0.717) is 6.42 Å². The zero-order valence-electron chi connectivity index (χ0n) is 16.4. The van der Waals surface area contributed by atoms with Gasteiger partial charge in [0.2, 0.25) is 6.61 Å². The summed E-state index contributed by atoms with van der Waals surface area (Å²) in [7, 11) is 2.76. The first-order valence-corrected chi connectivity index (χ1v) is 9.31. The van der Waals surface area contributed by atoms with Crippen LogP contribution >= 0.6 is 0 Å². The van der Waals surface area contributed by atoms with E-state index in [-0.39, 0.29) is 23.9 Å². The molecule has 0 N–H and O–H groups in total. The molecule has 2 aliphatic rings. The van der Waals surface area contributed by atoms with E-state index in [0.717, 1.165) is 30.5 Å². The summed E-state index contributed by atoms with van der Waals surface area (Å²) in [5.74, 6) is -0.612. The van der Waals surface area contributed by atoms with Crippen LogP contribution in [0.3, 0.4) is 0 Å². The minimum absolute atomic E-state index is 0.0431. The van der Waals surface area contributed by atoms with Crippen LogP contribution < -0.4 is 0 Å². The second-order valence-electron chi connectivity index (χ2n) is 7.87. The van der Waals surface area contributed by atoms with Gasteiger partial charge in [-0.3, -0.25) is 4.79 Å². The molecule has 1 saturated carbocycles. The van der Waals surface area contributed by atoms with Gasteiger partial charge in [-0.1, -0.05) is 42.8 Å². The number of hydrogen-bond acceptors (Lipinski definition) is 6. The topological polar surface area (TPSA) is 74.2 Å². The average Bonchev–Trinajstić information content (AvgIpc) is 2.68. The Morgan fingerprint density at radius 3 is 2.59 bits per heavy atom. The zero-order valence-corrected chi connectivity index (χ0v) is 16.4. The van der Waals surface area contributed by atoms with Gasteiger partial charge in [0.1, 0.15) is 0 Å². The normalized spacial score (nSPS) is 30.8. The van der Waals surface area contributed by atoms with E-state index in [2.05, 4.69) is 22.9 Å². The molecule has 0 aliphatic heterocycles. The number of carbonyl (C=O) groups is 2. The number of methoxy groups -OCH3 is 2. The molecule has 0 aromatic heterocycles. The SMILES string of the molecule is COC(=O)CO/N=C1/CC2C(C)(C(=O)OC)CCCC2(C)c2ccccc21. The highest BCUT2D eigenvalue weighted by atomic mass is 16.6. The van der Waals surface area contributed by atoms with E-state index in [1.54, 1.807) is 0 Å². The Bertz CT molecular complexity index is 774. The molecule has 0 heterocycles. The Morgan fingerprint density at radius 2 is 1.89 bits per heavy atom. The minimum atomic E-state index is -0.585. The maximum absolute atomic E-state index is 12.7. The van der Waals surface area contributed by atoms with Gasteiger partial charge in [0.15, 0.2) is 0 Å². The summed E-state index contributed by atoms with van der Waals surface area (Å²) in [4.78, 5) is 29.3. The summed E-state index contributed by atoms with van der Waals surface area (Å²) in [6.45, 7) is 4.00. The van der Waals surface area contributed by atoms with E-state index >= 15 is 0 Å². The number of benzene rings is 1. The zero-order chi connectivity index (χ0) is 19.7. The average molecular weight is 373 g/mol. The Labute approximate surface area is 159 Å². The molecule has 146 valence electrons. The molecule has 1 aromatic rings. The quantitative estimate of drug-likeness (QED) is 0.598. The summed E-state index contributed by atoms with van der Waals surface area (Å²) in [5.41, 5.74) is 2.23. The van der Waals surface area contributed by atoms with E-state index in [4.69, 9.17) is 9.57 Å². The van der Waals surface area contributed by atoms with Crippen LogP contribution in [0.5, 0.6) is 0 Å². The van der Waals surface area contributed by atoms with Crippen molar-refractivity contribution in [3.8, 4) is 0 Å². The first-order valence-electron chi connectivity index (χ1n) is 9.31. The van der Waals surface area contributed by atoms with Gasteiger partial charge in [0, 0.05) is 5.56 Å². The first kappa shape index (κ1) is 19.4. The fourth-order valence-electron chi connectivity index (χ4n) is 4.97. The number of rotatable bonds is 4. The molecule has 0 saturated heterocycles. The predicted octanol–water partition coefficient (Wildman–Crippen LogP) is 3.22. The largest absolute Gasteiger partial charge is 0.469 e. The maximum atomic E-state index is 12.7. The van der Waals surface area contributed by atoms with Gasteiger partial charge in [-0.2, -0.15) is 0 Å². The number of nitrogens with zero attached hydrogens (tertiary/aromatic N) is 1. The molecule has 2 aliphatic carbocycles. The molecule has 3 rings (SSSR count). The number of ether oxygens (including phenoxy) is 2. The molecule has 0 radical (unpaired) electrons.